The zero-order chi connectivity index (χ0) is 18.0. The van der Waals surface area contributed by atoms with Gasteiger partial charge < -0.3 is 10.2 Å². The molecule has 1 N–H and O–H groups in total. The standard InChI is InChI=1S/C20H27FN2O2/c1-14-3-9-17(10-4-14)22-19(25)20(2)12-11-18(24)23(20)13-15-5-7-16(21)8-6-15/h5-8,14,17H,3-4,9-13H2,1-2H3,(H,22,25). The zero-order valence-corrected chi connectivity index (χ0v) is 15.1. The summed E-state index contributed by atoms with van der Waals surface area (Å²) >= 11 is 0. The first-order valence-electron chi connectivity index (χ1n) is 9.24. The number of carbonyl (C=O) groups excluding carboxylic acids is 2. The van der Waals surface area contributed by atoms with Crippen molar-refractivity contribution in [2.24, 2.45) is 5.92 Å². The summed E-state index contributed by atoms with van der Waals surface area (Å²) in [7, 11) is 0. The molecule has 4 nitrogen and oxygen atoms in total. The van der Waals surface area contributed by atoms with Crippen LogP contribution in [0.4, 0.5) is 4.39 Å². The maximum atomic E-state index is 13.1. The van der Waals surface area contributed by atoms with Crippen molar-refractivity contribution in [3.63, 3.8) is 0 Å². The van der Waals surface area contributed by atoms with Gasteiger partial charge in [0.25, 0.3) is 0 Å². The summed E-state index contributed by atoms with van der Waals surface area (Å²) in [6, 6.07) is 6.32. The van der Waals surface area contributed by atoms with E-state index in [1.807, 2.05) is 6.92 Å². The first kappa shape index (κ1) is 17.9. The van der Waals surface area contributed by atoms with Gasteiger partial charge >= 0.3 is 0 Å². The maximum absolute atomic E-state index is 13.1. The van der Waals surface area contributed by atoms with Crippen LogP contribution in [0, 0.1) is 11.7 Å². The molecule has 5 heteroatoms. The molecule has 136 valence electrons. The second-order valence-corrected chi connectivity index (χ2v) is 7.81. The number of halogens is 1. The zero-order valence-electron chi connectivity index (χ0n) is 15.1. The number of rotatable bonds is 4. The number of nitrogens with one attached hydrogen (secondary N) is 1. The largest absolute Gasteiger partial charge is 0.351 e. The Morgan fingerprint density at radius 1 is 1.24 bits per heavy atom. The van der Waals surface area contributed by atoms with E-state index in [2.05, 4.69) is 12.2 Å². The molecular formula is C20H27FN2O2. The third-order valence-electron chi connectivity index (χ3n) is 5.82. The van der Waals surface area contributed by atoms with E-state index in [1.54, 1.807) is 17.0 Å². The van der Waals surface area contributed by atoms with Crippen LogP contribution in [0.25, 0.3) is 0 Å². The van der Waals surface area contributed by atoms with Crippen LogP contribution < -0.4 is 5.32 Å². The Morgan fingerprint density at radius 2 is 1.88 bits per heavy atom. The van der Waals surface area contributed by atoms with Crippen LogP contribution in [0.1, 0.15) is 57.9 Å². The number of hydrogen-bond donors (Lipinski definition) is 1. The molecule has 25 heavy (non-hydrogen) atoms. The third kappa shape index (κ3) is 3.86. The fourth-order valence-electron chi connectivity index (χ4n) is 3.91. The van der Waals surface area contributed by atoms with Crippen LogP contribution in [-0.2, 0) is 16.1 Å². The van der Waals surface area contributed by atoms with Crippen molar-refractivity contribution in [2.45, 2.75) is 70.5 Å². The Bertz CT molecular complexity index is 638. The van der Waals surface area contributed by atoms with Crippen LogP contribution >= 0.6 is 0 Å². The summed E-state index contributed by atoms with van der Waals surface area (Å²) in [5.41, 5.74) is 0.0105. The highest BCUT2D eigenvalue weighted by Crippen LogP contribution is 2.33. The van der Waals surface area contributed by atoms with Crippen molar-refractivity contribution in [2.75, 3.05) is 0 Å². The van der Waals surface area contributed by atoms with E-state index in [9.17, 15) is 14.0 Å². The number of nitrogens with zero attached hydrogens (tertiary/aromatic N) is 1. The second-order valence-electron chi connectivity index (χ2n) is 7.81. The van der Waals surface area contributed by atoms with Crippen LogP contribution in [0.5, 0.6) is 0 Å². The van der Waals surface area contributed by atoms with E-state index in [1.165, 1.54) is 12.1 Å². The molecular weight excluding hydrogens is 319 g/mol. The summed E-state index contributed by atoms with van der Waals surface area (Å²) in [5, 5.41) is 3.17. The minimum absolute atomic E-state index is 0.0146. The molecule has 1 aliphatic heterocycles. The van der Waals surface area contributed by atoms with Crippen molar-refractivity contribution in [3.05, 3.63) is 35.6 Å². The van der Waals surface area contributed by atoms with Gasteiger partial charge in [0.05, 0.1) is 0 Å². The molecule has 3 rings (SSSR count). The van der Waals surface area contributed by atoms with E-state index >= 15 is 0 Å². The highest BCUT2D eigenvalue weighted by Gasteiger charge is 2.47. The molecule has 1 saturated heterocycles. The lowest BCUT2D eigenvalue weighted by Crippen LogP contribution is -2.56. The van der Waals surface area contributed by atoms with Gasteiger partial charge in [-0.1, -0.05) is 19.1 Å². The molecule has 0 radical (unpaired) electrons. The number of carbonyl (C=O) groups is 2. The molecule has 1 atom stereocenters. The molecule has 0 bridgehead atoms. The lowest BCUT2D eigenvalue weighted by atomic mass is 9.86. The minimum atomic E-state index is -0.825. The number of hydrogen-bond acceptors (Lipinski definition) is 2. The highest BCUT2D eigenvalue weighted by molar-refractivity contribution is 5.94. The predicted octanol–water partition coefficient (Wildman–Crippen LogP) is 3.40. The Labute approximate surface area is 148 Å². The van der Waals surface area contributed by atoms with Crippen molar-refractivity contribution in [1.29, 1.82) is 0 Å². The smallest absolute Gasteiger partial charge is 0.245 e. The molecule has 2 fully saturated rings. The Hall–Kier alpha value is -1.91. The lowest BCUT2D eigenvalue weighted by molar-refractivity contribution is -0.141. The lowest BCUT2D eigenvalue weighted by Gasteiger charge is -2.36. The van der Waals surface area contributed by atoms with Gasteiger partial charge in [-0.15, -0.1) is 0 Å². The van der Waals surface area contributed by atoms with Crippen LogP contribution in [-0.4, -0.2) is 28.3 Å². The molecule has 1 saturated carbocycles. The molecule has 1 heterocycles. The van der Waals surface area contributed by atoms with Crippen molar-refractivity contribution < 1.29 is 14.0 Å². The van der Waals surface area contributed by atoms with Crippen molar-refractivity contribution in [3.8, 4) is 0 Å². The summed E-state index contributed by atoms with van der Waals surface area (Å²) in [6.45, 7) is 4.44. The SMILES string of the molecule is CC1CCC(NC(=O)C2(C)CCC(=O)N2Cc2ccc(F)cc2)CC1. The van der Waals surface area contributed by atoms with Gasteiger partial charge in [-0.2, -0.15) is 0 Å². The molecule has 2 aliphatic rings. The quantitative estimate of drug-likeness (QED) is 0.908. The van der Waals surface area contributed by atoms with E-state index in [0.717, 1.165) is 37.2 Å². The van der Waals surface area contributed by atoms with Gasteiger partial charge in [0.15, 0.2) is 0 Å². The summed E-state index contributed by atoms with van der Waals surface area (Å²) < 4.78 is 13.1. The monoisotopic (exact) mass is 346 g/mol. The van der Waals surface area contributed by atoms with E-state index in [4.69, 9.17) is 0 Å². The second kappa shape index (κ2) is 7.14. The van der Waals surface area contributed by atoms with Crippen LogP contribution in [0.15, 0.2) is 24.3 Å². The fraction of sp³-hybridized carbons (Fsp3) is 0.600. The van der Waals surface area contributed by atoms with E-state index < -0.39 is 5.54 Å². The molecule has 0 spiro atoms. The summed E-state index contributed by atoms with van der Waals surface area (Å²) in [6.07, 6.45) is 5.21. The van der Waals surface area contributed by atoms with Crippen LogP contribution in [0.2, 0.25) is 0 Å². The van der Waals surface area contributed by atoms with Gasteiger partial charge in [0, 0.05) is 19.0 Å². The number of benzene rings is 1. The summed E-state index contributed by atoms with van der Waals surface area (Å²) in [5.74, 6) is 0.356. The van der Waals surface area contributed by atoms with Crippen molar-refractivity contribution in [1.82, 2.24) is 10.2 Å². The minimum Gasteiger partial charge on any atom is -0.351 e. The molecule has 1 aliphatic carbocycles. The topological polar surface area (TPSA) is 49.4 Å². The fourth-order valence-corrected chi connectivity index (χ4v) is 3.91. The Morgan fingerprint density at radius 3 is 2.52 bits per heavy atom. The van der Waals surface area contributed by atoms with Crippen LogP contribution in [0.3, 0.4) is 0 Å². The van der Waals surface area contributed by atoms with E-state index in [-0.39, 0.29) is 23.7 Å². The molecule has 1 aromatic rings. The third-order valence-corrected chi connectivity index (χ3v) is 5.82. The number of amides is 2. The summed E-state index contributed by atoms with van der Waals surface area (Å²) in [4.78, 5) is 27.0. The van der Waals surface area contributed by atoms with Gasteiger partial charge in [0.1, 0.15) is 11.4 Å². The first-order valence-corrected chi connectivity index (χ1v) is 9.24. The van der Waals surface area contributed by atoms with Gasteiger partial charge in [0.2, 0.25) is 11.8 Å². The average Bonchev–Trinajstić information content (AvgIpc) is 2.88. The molecule has 1 aromatic carbocycles. The molecule has 1 unspecified atom stereocenters. The first-order chi connectivity index (χ1) is 11.9. The Balaban J connectivity index is 1.69. The van der Waals surface area contributed by atoms with Gasteiger partial charge in [-0.05, 0) is 62.6 Å². The molecule has 0 aromatic heterocycles. The van der Waals surface area contributed by atoms with Crippen molar-refractivity contribution >= 4 is 11.8 Å². The van der Waals surface area contributed by atoms with Gasteiger partial charge in [-0.3, -0.25) is 9.59 Å². The Kier molecular flexibility index (Phi) is 5.11. The molecule has 2 amide bonds. The van der Waals surface area contributed by atoms with Gasteiger partial charge in [-0.25, -0.2) is 4.39 Å². The maximum Gasteiger partial charge on any atom is 0.245 e. The average molecular weight is 346 g/mol. The predicted molar refractivity (Wildman–Crippen MR) is 94.2 cm³/mol. The highest BCUT2D eigenvalue weighted by atomic mass is 19.1. The normalized spacial score (nSPS) is 29.7. The van der Waals surface area contributed by atoms with E-state index in [0.29, 0.717) is 19.4 Å². The number of likely N-dealkylation sites (tertiary alicyclic amines) is 1.